The third-order valence-corrected chi connectivity index (χ3v) is 2.62. The summed E-state index contributed by atoms with van der Waals surface area (Å²) in [6, 6.07) is 0. The molecule has 0 saturated carbocycles. The summed E-state index contributed by atoms with van der Waals surface area (Å²) < 4.78 is 5.15. The number of hydrogen-bond donors (Lipinski definition) is 0. The van der Waals surface area contributed by atoms with Crippen molar-refractivity contribution < 1.29 is 9.53 Å². The molecule has 0 N–H and O–H groups in total. The lowest BCUT2D eigenvalue weighted by Crippen LogP contribution is -1.81. The Morgan fingerprint density at radius 3 is 3.30 bits per heavy atom. The summed E-state index contributed by atoms with van der Waals surface area (Å²) in [5.74, 6) is 0. The highest BCUT2D eigenvalue weighted by Gasteiger charge is 2.16. The maximum absolute atomic E-state index is 10.4. The molecular weight excluding hydrogens is 148 g/mol. The second kappa shape index (κ2) is 2.18. The molecule has 0 fully saturated rings. The molecule has 2 heterocycles. The minimum absolute atomic E-state index is 0.618. The van der Waals surface area contributed by atoms with E-state index in [0.717, 1.165) is 16.7 Å². The van der Waals surface area contributed by atoms with Gasteiger partial charge in [-0.3, -0.25) is 4.79 Å². The van der Waals surface area contributed by atoms with Crippen LogP contribution in [-0.2, 0) is 18.0 Å². The highest BCUT2D eigenvalue weighted by molar-refractivity contribution is 7.12. The lowest BCUT2D eigenvalue weighted by atomic mass is 10.2. The van der Waals surface area contributed by atoms with Crippen LogP contribution < -0.4 is 0 Å². The molecule has 0 unspecified atom stereocenters. The third-order valence-electron chi connectivity index (χ3n) is 1.62. The summed E-state index contributed by atoms with van der Waals surface area (Å²) >= 11 is 1.50. The fourth-order valence-corrected chi connectivity index (χ4v) is 1.95. The molecule has 0 bridgehead atoms. The van der Waals surface area contributed by atoms with Crippen LogP contribution in [0.4, 0.5) is 0 Å². The van der Waals surface area contributed by atoms with Crippen molar-refractivity contribution in [3.63, 3.8) is 0 Å². The maximum atomic E-state index is 10.4. The van der Waals surface area contributed by atoms with Crippen LogP contribution in [0, 0.1) is 0 Å². The van der Waals surface area contributed by atoms with Crippen molar-refractivity contribution in [2.24, 2.45) is 0 Å². The minimum Gasteiger partial charge on any atom is -0.372 e. The van der Waals surface area contributed by atoms with E-state index in [4.69, 9.17) is 4.74 Å². The number of fused-ring (bicyclic) bond motifs is 1. The zero-order valence-corrected chi connectivity index (χ0v) is 6.11. The number of ether oxygens (including phenoxy) is 1. The first-order chi connectivity index (χ1) is 4.92. The molecule has 0 amide bonds. The van der Waals surface area contributed by atoms with E-state index in [1.165, 1.54) is 16.9 Å². The predicted molar refractivity (Wildman–Crippen MR) is 38.2 cm³/mol. The molecule has 0 radical (unpaired) electrons. The Kier molecular flexibility index (Phi) is 1.32. The summed E-state index contributed by atoms with van der Waals surface area (Å²) in [5, 5.41) is 1.99. The normalized spacial score (nSPS) is 15.2. The lowest BCUT2D eigenvalue weighted by Gasteiger charge is -1.86. The topological polar surface area (TPSA) is 26.3 Å². The molecule has 3 heteroatoms. The van der Waals surface area contributed by atoms with Crippen molar-refractivity contribution >= 4 is 17.6 Å². The molecule has 0 aliphatic carbocycles. The zero-order valence-electron chi connectivity index (χ0n) is 5.29. The van der Waals surface area contributed by atoms with Crippen molar-refractivity contribution in [3.8, 4) is 0 Å². The van der Waals surface area contributed by atoms with Crippen molar-refractivity contribution in [1.82, 2.24) is 0 Å². The molecule has 2 rings (SSSR count). The van der Waals surface area contributed by atoms with Gasteiger partial charge in [-0.15, -0.1) is 11.3 Å². The maximum Gasteiger partial charge on any atom is 0.160 e. The second-order valence-electron chi connectivity index (χ2n) is 2.21. The molecule has 2 nitrogen and oxygen atoms in total. The minimum atomic E-state index is 0.618. The SMILES string of the molecule is O=Cc1scc2c1COC2. The Balaban J connectivity index is 2.53. The van der Waals surface area contributed by atoms with E-state index >= 15 is 0 Å². The van der Waals surface area contributed by atoms with Crippen LogP contribution in [0.5, 0.6) is 0 Å². The zero-order chi connectivity index (χ0) is 6.97. The molecular formula is C7H6O2S. The van der Waals surface area contributed by atoms with Gasteiger partial charge in [-0.25, -0.2) is 0 Å². The van der Waals surface area contributed by atoms with Crippen LogP contribution in [-0.4, -0.2) is 6.29 Å². The van der Waals surface area contributed by atoms with E-state index in [0.29, 0.717) is 13.2 Å². The molecule has 0 atom stereocenters. The summed E-state index contributed by atoms with van der Waals surface area (Å²) in [5.41, 5.74) is 2.28. The standard InChI is InChI=1S/C7H6O2S/c8-1-7-6-3-9-2-5(6)4-10-7/h1,4H,2-3H2. The van der Waals surface area contributed by atoms with Gasteiger partial charge in [0, 0.05) is 5.56 Å². The average Bonchev–Trinajstić information content (AvgIpc) is 2.44. The molecule has 1 aliphatic rings. The van der Waals surface area contributed by atoms with Crippen LogP contribution in [0.25, 0.3) is 0 Å². The first-order valence-electron chi connectivity index (χ1n) is 3.04. The van der Waals surface area contributed by atoms with E-state index in [1.54, 1.807) is 0 Å². The summed E-state index contributed by atoms with van der Waals surface area (Å²) in [6.45, 7) is 1.30. The third kappa shape index (κ3) is 0.711. The number of aldehydes is 1. The Hall–Kier alpha value is -0.670. The summed E-state index contributed by atoms with van der Waals surface area (Å²) in [6.07, 6.45) is 0.901. The molecule has 10 heavy (non-hydrogen) atoms. The monoisotopic (exact) mass is 154 g/mol. The van der Waals surface area contributed by atoms with Crippen LogP contribution in [0.2, 0.25) is 0 Å². The number of rotatable bonds is 1. The molecule has 1 aromatic heterocycles. The van der Waals surface area contributed by atoms with E-state index in [1.807, 2.05) is 5.38 Å². The van der Waals surface area contributed by atoms with E-state index in [2.05, 4.69) is 0 Å². The van der Waals surface area contributed by atoms with E-state index in [-0.39, 0.29) is 0 Å². The Labute approximate surface area is 62.4 Å². The van der Waals surface area contributed by atoms with Gasteiger partial charge in [-0.1, -0.05) is 0 Å². The molecule has 0 aromatic carbocycles. The molecule has 1 aromatic rings. The highest BCUT2D eigenvalue weighted by Crippen LogP contribution is 2.27. The van der Waals surface area contributed by atoms with E-state index in [9.17, 15) is 4.79 Å². The van der Waals surface area contributed by atoms with Gasteiger partial charge in [0.1, 0.15) is 0 Å². The molecule has 1 aliphatic heterocycles. The highest BCUT2D eigenvalue weighted by atomic mass is 32.1. The lowest BCUT2D eigenvalue weighted by molar-refractivity contribution is 0.111. The Morgan fingerprint density at radius 1 is 1.60 bits per heavy atom. The van der Waals surface area contributed by atoms with Gasteiger partial charge in [0.05, 0.1) is 18.1 Å². The van der Waals surface area contributed by atoms with Crippen LogP contribution in [0.3, 0.4) is 0 Å². The molecule has 0 spiro atoms. The average molecular weight is 154 g/mol. The van der Waals surface area contributed by atoms with Crippen molar-refractivity contribution in [1.29, 1.82) is 0 Å². The van der Waals surface area contributed by atoms with Gasteiger partial charge in [0.15, 0.2) is 6.29 Å². The van der Waals surface area contributed by atoms with Crippen LogP contribution in [0.1, 0.15) is 20.8 Å². The van der Waals surface area contributed by atoms with Gasteiger partial charge in [-0.2, -0.15) is 0 Å². The first kappa shape index (κ1) is 6.07. The van der Waals surface area contributed by atoms with Gasteiger partial charge < -0.3 is 4.74 Å². The van der Waals surface area contributed by atoms with Gasteiger partial charge in [0.2, 0.25) is 0 Å². The van der Waals surface area contributed by atoms with Crippen molar-refractivity contribution in [2.75, 3.05) is 0 Å². The predicted octanol–water partition coefficient (Wildman–Crippen LogP) is 1.59. The Bertz CT molecular complexity index is 265. The Morgan fingerprint density at radius 2 is 2.50 bits per heavy atom. The number of carbonyl (C=O) groups excluding carboxylic acids is 1. The van der Waals surface area contributed by atoms with Gasteiger partial charge in [0.25, 0.3) is 0 Å². The summed E-state index contributed by atoms with van der Waals surface area (Å²) in [4.78, 5) is 11.2. The number of thiophene rings is 1. The van der Waals surface area contributed by atoms with Crippen molar-refractivity contribution in [2.45, 2.75) is 13.2 Å². The molecule has 52 valence electrons. The van der Waals surface area contributed by atoms with Crippen molar-refractivity contribution in [3.05, 3.63) is 21.4 Å². The summed E-state index contributed by atoms with van der Waals surface area (Å²) in [7, 11) is 0. The second-order valence-corrected chi connectivity index (χ2v) is 3.13. The van der Waals surface area contributed by atoms with E-state index < -0.39 is 0 Å². The number of carbonyl (C=O) groups is 1. The van der Waals surface area contributed by atoms with Gasteiger partial charge in [-0.05, 0) is 10.9 Å². The fourth-order valence-electron chi connectivity index (χ4n) is 1.08. The smallest absolute Gasteiger partial charge is 0.160 e. The first-order valence-corrected chi connectivity index (χ1v) is 3.92. The van der Waals surface area contributed by atoms with Gasteiger partial charge >= 0.3 is 0 Å². The number of hydrogen-bond acceptors (Lipinski definition) is 3. The molecule has 0 saturated heterocycles. The quantitative estimate of drug-likeness (QED) is 0.574. The van der Waals surface area contributed by atoms with Crippen LogP contribution in [0.15, 0.2) is 5.38 Å². The largest absolute Gasteiger partial charge is 0.372 e. The fraction of sp³-hybridized carbons (Fsp3) is 0.286. The van der Waals surface area contributed by atoms with Crippen LogP contribution >= 0.6 is 11.3 Å².